The number of hydrogen-bond acceptors (Lipinski definition) is 4. The Morgan fingerprint density at radius 1 is 1.07 bits per heavy atom. The van der Waals surface area contributed by atoms with Crippen LogP contribution in [-0.4, -0.2) is 35.0 Å². The van der Waals surface area contributed by atoms with Crippen LogP contribution < -0.4 is 4.48 Å². The lowest BCUT2D eigenvalue weighted by molar-refractivity contribution is -0.136. The van der Waals surface area contributed by atoms with Crippen molar-refractivity contribution in [3.05, 3.63) is 83.0 Å². The van der Waals surface area contributed by atoms with E-state index in [4.69, 9.17) is 10.5 Å². The smallest absolute Gasteiger partial charge is 0.349 e. The lowest BCUT2D eigenvalue weighted by atomic mass is 10.00. The summed E-state index contributed by atoms with van der Waals surface area (Å²) in [7, 11) is 1.44. The van der Waals surface area contributed by atoms with Gasteiger partial charge in [-0.15, -0.1) is 0 Å². The molecule has 1 aliphatic heterocycles. The number of nitrogens with zero attached hydrogens (tertiary/aromatic N) is 1. The van der Waals surface area contributed by atoms with Gasteiger partial charge in [-0.1, -0.05) is 12.1 Å². The van der Waals surface area contributed by atoms with Gasteiger partial charge in [0.1, 0.15) is 23.1 Å². The van der Waals surface area contributed by atoms with Crippen LogP contribution in [0.25, 0.3) is 5.76 Å². The van der Waals surface area contributed by atoms with Crippen molar-refractivity contribution >= 4 is 29.2 Å². The number of quaternary nitrogens is 1. The predicted molar refractivity (Wildman–Crippen MR) is 103 cm³/mol. The molecule has 0 bridgehead atoms. The van der Waals surface area contributed by atoms with E-state index in [1.165, 1.54) is 37.4 Å². The molecule has 0 aromatic heterocycles. The van der Waals surface area contributed by atoms with Gasteiger partial charge in [-0.25, -0.2) is 19.0 Å². The summed E-state index contributed by atoms with van der Waals surface area (Å²) in [6.45, 7) is 0. The second-order valence-corrected chi connectivity index (χ2v) is 6.65. The van der Waals surface area contributed by atoms with Gasteiger partial charge in [0.2, 0.25) is 5.84 Å². The molecule has 0 saturated carbocycles. The first-order chi connectivity index (χ1) is 13.6. The molecule has 1 unspecified atom stereocenters. The van der Waals surface area contributed by atoms with Crippen molar-refractivity contribution in [2.45, 2.75) is 6.42 Å². The highest BCUT2D eigenvalue weighted by Gasteiger charge is 2.43. The summed E-state index contributed by atoms with van der Waals surface area (Å²) in [4.78, 5) is 23.5. The van der Waals surface area contributed by atoms with Crippen molar-refractivity contribution in [3.8, 4) is 0 Å². The second-order valence-electron chi connectivity index (χ2n) is 6.65. The second kappa shape index (κ2) is 7.40. The highest BCUT2D eigenvalue weighted by Crippen LogP contribution is 2.32. The van der Waals surface area contributed by atoms with Gasteiger partial charge in [0.15, 0.2) is 0 Å². The number of hydrogen-bond donors (Lipinski definition) is 3. The number of aliphatic hydroxyl groups excluding tert-OH is 1. The Morgan fingerprint density at radius 2 is 1.72 bits per heavy atom. The number of carbonyl (C=O) groups excluding carboxylic acids is 1. The van der Waals surface area contributed by atoms with Crippen molar-refractivity contribution in [2.24, 2.45) is 0 Å². The summed E-state index contributed by atoms with van der Waals surface area (Å²) in [6.07, 6.45) is 2.18. The fourth-order valence-corrected chi connectivity index (χ4v) is 3.09. The fraction of sp³-hybridized carbons (Fsp3) is 0.0952. The van der Waals surface area contributed by atoms with E-state index in [0.717, 1.165) is 18.2 Å². The zero-order valence-corrected chi connectivity index (χ0v) is 15.3. The highest BCUT2D eigenvalue weighted by molar-refractivity contribution is 6.25. The standard InChI is InChI=1S/C21H16F2N2O4/c1-25(14-5-2-12(3-6-14)10-19(27)28)18(26)9-8-16(21(25)24)20(29)15-7-4-13(22)11-17(15)23/h2-9,11H,10H2,1H3,(H2-,24,26,27,28,29)/p+1. The third kappa shape index (κ3) is 3.57. The molecular formula is C21H17F2N2O4+. The van der Waals surface area contributed by atoms with Gasteiger partial charge < -0.3 is 10.2 Å². The minimum Gasteiger partial charge on any atom is -0.506 e. The molecule has 0 radical (unpaired) electrons. The van der Waals surface area contributed by atoms with Crippen LogP contribution in [0.15, 0.2) is 60.2 Å². The lowest BCUT2D eigenvalue weighted by Gasteiger charge is -2.32. The number of halogens is 2. The molecule has 6 nitrogen and oxygen atoms in total. The molecular weight excluding hydrogens is 382 g/mol. The van der Waals surface area contributed by atoms with Gasteiger partial charge in [-0.2, -0.15) is 4.48 Å². The van der Waals surface area contributed by atoms with E-state index < -0.39 is 33.8 Å². The minimum absolute atomic E-state index is 0.0905. The van der Waals surface area contributed by atoms with Gasteiger partial charge >= 0.3 is 11.9 Å². The van der Waals surface area contributed by atoms with Gasteiger partial charge in [0, 0.05) is 24.3 Å². The fourth-order valence-electron chi connectivity index (χ4n) is 3.09. The summed E-state index contributed by atoms with van der Waals surface area (Å²) < 4.78 is 26.6. The van der Waals surface area contributed by atoms with Gasteiger partial charge in [0.25, 0.3) is 0 Å². The van der Waals surface area contributed by atoms with Gasteiger partial charge in [0.05, 0.1) is 24.6 Å². The Hall–Kier alpha value is -3.65. The number of amidine groups is 1. The Labute approximate surface area is 164 Å². The first-order valence-electron chi connectivity index (χ1n) is 8.53. The molecule has 148 valence electrons. The number of amides is 1. The maximum Gasteiger partial charge on any atom is 0.349 e. The van der Waals surface area contributed by atoms with E-state index in [9.17, 15) is 23.5 Å². The third-order valence-electron chi connectivity index (χ3n) is 4.79. The summed E-state index contributed by atoms with van der Waals surface area (Å²) in [5.74, 6) is -4.19. The molecule has 0 fully saturated rings. The predicted octanol–water partition coefficient (Wildman–Crippen LogP) is 3.57. The Morgan fingerprint density at radius 3 is 2.31 bits per heavy atom. The first kappa shape index (κ1) is 20.1. The largest absolute Gasteiger partial charge is 0.506 e. The molecule has 1 atom stereocenters. The molecule has 8 heteroatoms. The maximum absolute atomic E-state index is 14.1. The molecule has 2 aromatic carbocycles. The minimum atomic E-state index is -1.00. The first-order valence-corrected chi connectivity index (χ1v) is 8.53. The van der Waals surface area contributed by atoms with Crippen LogP contribution >= 0.6 is 0 Å². The number of benzene rings is 2. The number of aliphatic carboxylic acids is 1. The molecule has 0 spiro atoms. The number of carbonyl (C=O) groups is 2. The molecule has 1 heterocycles. The molecule has 3 rings (SSSR count). The molecule has 3 N–H and O–H groups in total. The number of carboxylic acid groups (broad SMARTS) is 1. The summed E-state index contributed by atoms with van der Waals surface area (Å²) >= 11 is 0. The van der Waals surface area contributed by atoms with Crippen LogP contribution in [0.1, 0.15) is 11.1 Å². The van der Waals surface area contributed by atoms with E-state index in [0.29, 0.717) is 17.3 Å². The SMILES string of the molecule is C[N+]1(c2ccc(CC(=O)O)cc2)C(=N)/C(=C(\O)c2ccc(F)cc2F)C=CC1=O. The molecule has 29 heavy (non-hydrogen) atoms. The monoisotopic (exact) mass is 399 g/mol. The molecule has 2 aromatic rings. The molecule has 0 aliphatic carbocycles. The van der Waals surface area contributed by atoms with Crippen molar-refractivity contribution in [1.29, 1.82) is 5.41 Å². The highest BCUT2D eigenvalue weighted by atomic mass is 19.1. The Bertz CT molecular complexity index is 1090. The average Bonchev–Trinajstić information content (AvgIpc) is 2.66. The number of likely N-dealkylation sites (N-methyl/N-ethyl adjacent to an activating group) is 1. The van der Waals surface area contributed by atoms with E-state index in [2.05, 4.69) is 0 Å². The number of rotatable bonds is 4. The summed E-state index contributed by atoms with van der Waals surface area (Å²) in [5, 5.41) is 27.9. The Balaban J connectivity index is 2.07. The van der Waals surface area contributed by atoms with E-state index in [1.807, 2.05) is 0 Å². The van der Waals surface area contributed by atoms with Crippen LogP contribution in [0.2, 0.25) is 0 Å². The van der Waals surface area contributed by atoms with Crippen LogP contribution in [0.5, 0.6) is 0 Å². The van der Waals surface area contributed by atoms with Crippen molar-refractivity contribution in [3.63, 3.8) is 0 Å². The Kier molecular flexibility index (Phi) is 5.13. The number of nitrogens with one attached hydrogen (secondary N) is 1. The molecule has 1 amide bonds. The van der Waals surface area contributed by atoms with Crippen molar-refractivity contribution in [1.82, 2.24) is 4.48 Å². The topological polar surface area (TPSA) is 98.4 Å². The van der Waals surface area contributed by atoms with Crippen molar-refractivity contribution in [2.75, 3.05) is 7.05 Å². The van der Waals surface area contributed by atoms with Crippen molar-refractivity contribution < 1.29 is 28.6 Å². The maximum atomic E-state index is 14.1. The van der Waals surface area contributed by atoms with Crippen LogP contribution in [0.4, 0.5) is 14.5 Å². The number of aliphatic hydroxyl groups is 1. The van der Waals surface area contributed by atoms with Crippen LogP contribution in [-0.2, 0) is 16.0 Å². The van der Waals surface area contributed by atoms with Gasteiger partial charge in [-0.05, 0) is 23.8 Å². The lowest BCUT2D eigenvalue weighted by Crippen LogP contribution is -2.56. The van der Waals surface area contributed by atoms with E-state index in [-0.39, 0.29) is 23.4 Å². The quantitative estimate of drug-likeness (QED) is 0.541. The molecule has 0 saturated heterocycles. The zero-order chi connectivity index (χ0) is 21.3. The van der Waals surface area contributed by atoms with Crippen LogP contribution in [0, 0.1) is 17.0 Å². The van der Waals surface area contributed by atoms with Crippen LogP contribution in [0.3, 0.4) is 0 Å². The summed E-state index contributed by atoms with van der Waals surface area (Å²) in [6, 6.07) is 8.77. The van der Waals surface area contributed by atoms with Gasteiger partial charge in [-0.3, -0.25) is 4.79 Å². The zero-order valence-electron chi connectivity index (χ0n) is 15.3. The summed E-state index contributed by atoms with van der Waals surface area (Å²) in [5.41, 5.74) is 0.496. The normalized spacial score (nSPS) is 20.7. The number of carboxylic acids is 1. The van der Waals surface area contributed by atoms with E-state index in [1.54, 1.807) is 0 Å². The average molecular weight is 399 g/mol. The van der Waals surface area contributed by atoms with E-state index >= 15 is 0 Å². The molecule has 1 aliphatic rings. The third-order valence-corrected chi connectivity index (χ3v) is 4.79.